The first-order valence-corrected chi connectivity index (χ1v) is 13.1. The molecule has 0 spiro atoms. The molecule has 0 radical (unpaired) electrons. The summed E-state index contributed by atoms with van der Waals surface area (Å²) in [6.45, 7) is 6.79. The van der Waals surface area contributed by atoms with Gasteiger partial charge < -0.3 is 14.4 Å². The van der Waals surface area contributed by atoms with Crippen LogP contribution in [-0.4, -0.2) is 52.4 Å². The molecule has 1 amide bonds. The second-order valence-electron chi connectivity index (χ2n) is 10.5. The smallest absolute Gasteiger partial charge is 0.410 e. The number of amides is 1. The first-order valence-electron chi connectivity index (χ1n) is 12.8. The Hall–Kier alpha value is -4.10. The molecule has 2 aromatic carbocycles. The van der Waals surface area contributed by atoms with E-state index in [1.807, 2.05) is 61.8 Å². The Morgan fingerprint density at radius 3 is 2.28 bits per heavy atom. The molecule has 5 rings (SSSR count). The predicted octanol–water partition coefficient (Wildman–Crippen LogP) is 7.13. The lowest BCUT2D eigenvalue weighted by atomic mass is 10.00. The minimum absolute atomic E-state index is 0.277. The second kappa shape index (κ2) is 10.6. The second-order valence-corrected chi connectivity index (χ2v) is 10.9. The van der Waals surface area contributed by atoms with E-state index < -0.39 is 11.6 Å². The predicted molar refractivity (Wildman–Crippen MR) is 153 cm³/mol. The number of carbonyl (C=O) groups is 2. The molecule has 0 saturated carbocycles. The van der Waals surface area contributed by atoms with Crippen molar-refractivity contribution in [3.63, 3.8) is 0 Å². The highest BCUT2D eigenvalue weighted by molar-refractivity contribution is 6.33. The summed E-state index contributed by atoms with van der Waals surface area (Å²) in [5.74, 6) is -0.459. The number of aromatic nitrogens is 2. The van der Waals surface area contributed by atoms with Crippen LogP contribution in [0.15, 0.2) is 72.9 Å². The van der Waals surface area contributed by atoms with E-state index in [0.717, 1.165) is 39.9 Å². The van der Waals surface area contributed by atoms with Crippen LogP contribution in [0.1, 0.15) is 43.1 Å². The van der Waals surface area contributed by atoms with Gasteiger partial charge in [0.15, 0.2) is 0 Å². The van der Waals surface area contributed by atoms with Crippen molar-refractivity contribution in [1.29, 1.82) is 0 Å². The van der Waals surface area contributed by atoms with Crippen LogP contribution >= 0.6 is 11.6 Å². The molecule has 0 N–H and O–H groups in total. The average Bonchev–Trinajstić information content (AvgIpc) is 3.35. The third-order valence-corrected chi connectivity index (χ3v) is 6.90. The van der Waals surface area contributed by atoms with Gasteiger partial charge in [-0.2, -0.15) is 5.10 Å². The number of esters is 1. The third-order valence-electron chi connectivity index (χ3n) is 6.58. The van der Waals surface area contributed by atoms with E-state index in [2.05, 4.69) is 24.3 Å². The molecule has 39 heavy (non-hydrogen) atoms. The van der Waals surface area contributed by atoms with Gasteiger partial charge >= 0.3 is 12.1 Å². The number of rotatable bonds is 4. The summed E-state index contributed by atoms with van der Waals surface area (Å²) in [7, 11) is 1.33. The van der Waals surface area contributed by atoms with E-state index in [4.69, 9.17) is 26.2 Å². The Balaban J connectivity index is 1.32. The number of pyridine rings is 1. The molecular formula is C31H30ClN3O4. The number of benzene rings is 2. The number of ether oxygens (including phenoxy) is 2. The molecule has 3 heterocycles. The molecule has 0 unspecified atom stereocenters. The lowest BCUT2D eigenvalue weighted by Crippen LogP contribution is -2.39. The maximum absolute atomic E-state index is 12.4. The maximum atomic E-state index is 12.4. The van der Waals surface area contributed by atoms with Crippen molar-refractivity contribution in [2.45, 2.75) is 32.8 Å². The Labute approximate surface area is 232 Å². The summed E-state index contributed by atoms with van der Waals surface area (Å²) in [6, 6.07) is 19.6. The van der Waals surface area contributed by atoms with E-state index in [1.54, 1.807) is 17.0 Å². The highest BCUT2D eigenvalue weighted by Crippen LogP contribution is 2.30. The van der Waals surface area contributed by atoms with Crippen LogP contribution in [0.25, 0.3) is 33.5 Å². The highest BCUT2D eigenvalue weighted by atomic mass is 35.5. The summed E-state index contributed by atoms with van der Waals surface area (Å²) in [4.78, 5) is 25.9. The largest absolute Gasteiger partial charge is 0.465 e. The van der Waals surface area contributed by atoms with Crippen LogP contribution in [0, 0.1) is 0 Å². The number of hydrogen-bond donors (Lipinski definition) is 0. The number of fused-ring (bicyclic) bond motifs is 1. The van der Waals surface area contributed by atoms with Gasteiger partial charge in [0, 0.05) is 24.8 Å². The van der Waals surface area contributed by atoms with Gasteiger partial charge in [-0.1, -0.05) is 48.0 Å². The van der Waals surface area contributed by atoms with Crippen LogP contribution in [-0.2, 0) is 9.47 Å². The fraction of sp³-hybridized carbons (Fsp3) is 0.258. The monoisotopic (exact) mass is 543 g/mol. The van der Waals surface area contributed by atoms with Gasteiger partial charge in [-0.3, -0.25) is 0 Å². The zero-order chi connectivity index (χ0) is 27.7. The Morgan fingerprint density at radius 1 is 0.923 bits per heavy atom. The molecule has 200 valence electrons. The molecule has 0 fully saturated rings. The van der Waals surface area contributed by atoms with Crippen molar-refractivity contribution in [3.8, 4) is 22.4 Å². The molecule has 0 saturated heterocycles. The standard InChI is InChI=1S/C31H30ClN3O4/c1-31(2,3)39-30(37)34-14-11-21(12-15-34)24-13-16-35-25(17-24)19-28(33-35)22-7-5-20(6-8-22)23-9-10-26(27(32)18-23)29(36)38-4/h5-11,13,16-19H,12,14-15H2,1-4H3. The number of hydrogen-bond acceptors (Lipinski definition) is 5. The molecule has 7 nitrogen and oxygen atoms in total. The fourth-order valence-electron chi connectivity index (χ4n) is 4.56. The van der Waals surface area contributed by atoms with E-state index in [1.165, 1.54) is 12.7 Å². The van der Waals surface area contributed by atoms with Crippen LogP contribution in [0.2, 0.25) is 5.02 Å². The van der Waals surface area contributed by atoms with E-state index in [9.17, 15) is 9.59 Å². The van der Waals surface area contributed by atoms with Gasteiger partial charge in [0.05, 0.1) is 28.9 Å². The van der Waals surface area contributed by atoms with Gasteiger partial charge in [0.2, 0.25) is 0 Å². The van der Waals surface area contributed by atoms with Crippen molar-refractivity contribution >= 4 is 34.8 Å². The van der Waals surface area contributed by atoms with Crippen molar-refractivity contribution in [1.82, 2.24) is 14.5 Å². The summed E-state index contributed by atoms with van der Waals surface area (Å²) < 4.78 is 12.1. The lowest BCUT2D eigenvalue weighted by molar-refractivity contribution is 0.0270. The van der Waals surface area contributed by atoms with Gasteiger partial charge in [-0.05, 0) is 79.8 Å². The van der Waals surface area contributed by atoms with Gasteiger partial charge in [-0.25, -0.2) is 14.1 Å². The van der Waals surface area contributed by atoms with E-state index in [0.29, 0.717) is 23.7 Å². The molecule has 0 atom stereocenters. The molecular weight excluding hydrogens is 514 g/mol. The molecule has 0 aliphatic carbocycles. The summed E-state index contributed by atoms with van der Waals surface area (Å²) in [6.07, 6.45) is 4.55. The Morgan fingerprint density at radius 2 is 1.64 bits per heavy atom. The van der Waals surface area contributed by atoms with E-state index >= 15 is 0 Å². The van der Waals surface area contributed by atoms with E-state index in [-0.39, 0.29) is 6.09 Å². The number of methoxy groups -OCH3 is 1. The van der Waals surface area contributed by atoms with Gasteiger partial charge in [0.25, 0.3) is 0 Å². The normalized spacial score (nSPS) is 13.8. The minimum atomic E-state index is -0.503. The summed E-state index contributed by atoms with van der Waals surface area (Å²) in [5, 5.41) is 5.10. The Bertz CT molecular complexity index is 1580. The number of halogens is 1. The SMILES string of the molecule is COC(=O)c1ccc(-c2ccc(-c3cc4cc(C5=CCN(C(=O)OC(C)(C)C)CC5)ccn4n3)cc2)cc1Cl. The van der Waals surface area contributed by atoms with Crippen molar-refractivity contribution in [3.05, 3.63) is 89.1 Å². The number of nitrogens with zero attached hydrogens (tertiary/aromatic N) is 3. The summed E-state index contributed by atoms with van der Waals surface area (Å²) >= 11 is 6.30. The quantitative estimate of drug-likeness (QED) is 0.256. The molecule has 1 aliphatic rings. The van der Waals surface area contributed by atoms with Crippen molar-refractivity contribution in [2.24, 2.45) is 0 Å². The Kier molecular flexibility index (Phi) is 7.19. The fourth-order valence-corrected chi connectivity index (χ4v) is 4.82. The first-order chi connectivity index (χ1) is 18.6. The zero-order valence-corrected chi connectivity index (χ0v) is 23.2. The molecule has 1 aliphatic heterocycles. The molecule has 4 aromatic rings. The van der Waals surface area contributed by atoms with Crippen LogP contribution in [0.5, 0.6) is 0 Å². The van der Waals surface area contributed by atoms with Crippen LogP contribution < -0.4 is 0 Å². The minimum Gasteiger partial charge on any atom is -0.465 e. The van der Waals surface area contributed by atoms with Crippen LogP contribution in [0.3, 0.4) is 0 Å². The topological polar surface area (TPSA) is 73.1 Å². The van der Waals surface area contributed by atoms with Crippen LogP contribution in [0.4, 0.5) is 4.79 Å². The highest BCUT2D eigenvalue weighted by Gasteiger charge is 2.24. The molecule has 2 aromatic heterocycles. The lowest BCUT2D eigenvalue weighted by Gasteiger charge is -2.29. The van der Waals surface area contributed by atoms with Gasteiger partial charge in [-0.15, -0.1) is 0 Å². The summed E-state index contributed by atoms with van der Waals surface area (Å²) in [5.41, 5.74) is 6.91. The maximum Gasteiger partial charge on any atom is 0.410 e. The van der Waals surface area contributed by atoms with Gasteiger partial charge in [0.1, 0.15) is 5.60 Å². The first kappa shape index (κ1) is 26.5. The van der Waals surface area contributed by atoms with Crippen molar-refractivity contribution < 1.29 is 19.1 Å². The third kappa shape index (κ3) is 5.83. The average molecular weight is 544 g/mol. The number of carbonyl (C=O) groups excluding carboxylic acids is 2. The van der Waals surface area contributed by atoms with Crippen molar-refractivity contribution in [2.75, 3.05) is 20.2 Å². The zero-order valence-electron chi connectivity index (χ0n) is 22.4. The molecule has 8 heteroatoms. The molecule has 0 bridgehead atoms.